The number of nitrogens with one attached hydrogen (secondary N) is 1. The number of thiophene rings is 1. The smallest absolute Gasteiger partial charge is 0.261 e. The second kappa shape index (κ2) is 7.36. The summed E-state index contributed by atoms with van der Waals surface area (Å²) in [4.78, 5) is 12.7. The third kappa shape index (κ3) is 4.15. The molecular formula is C14H13Br2NO2S. The second-order valence-electron chi connectivity index (χ2n) is 4.27. The molecule has 1 aromatic heterocycles. The van der Waals surface area contributed by atoms with Crippen molar-refractivity contribution in [2.24, 2.45) is 0 Å². The molecule has 106 valence electrons. The highest BCUT2D eigenvalue weighted by Gasteiger charge is 2.16. The van der Waals surface area contributed by atoms with Crippen molar-refractivity contribution < 1.29 is 9.90 Å². The molecule has 0 spiro atoms. The first kappa shape index (κ1) is 15.7. The fourth-order valence-electron chi connectivity index (χ4n) is 1.77. The van der Waals surface area contributed by atoms with Crippen LogP contribution in [0.15, 0.2) is 44.7 Å². The van der Waals surface area contributed by atoms with Crippen molar-refractivity contribution in [2.45, 2.75) is 12.5 Å². The summed E-state index contributed by atoms with van der Waals surface area (Å²) in [6, 6.07) is 11.3. The number of amides is 1. The Morgan fingerprint density at radius 3 is 2.55 bits per heavy atom. The maximum absolute atomic E-state index is 12.1. The summed E-state index contributed by atoms with van der Waals surface area (Å²) < 4.78 is 1.74. The van der Waals surface area contributed by atoms with Gasteiger partial charge in [-0.3, -0.25) is 4.79 Å². The fourth-order valence-corrected chi connectivity index (χ4v) is 3.71. The number of carbonyl (C=O) groups is 1. The van der Waals surface area contributed by atoms with Gasteiger partial charge in [-0.05, 0) is 49.9 Å². The van der Waals surface area contributed by atoms with Gasteiger partial charge in [0.05, 0.1) is 21.3 Å². The third-order valence-corrected chi connectivity index (χ3v) is 6.00. The van der Waals surface area contributed by atoms with Crippen LogP contribution in [-0.4, -0.2) is 23.7 Å². The van der Waals surface area contributed by atoms with Gasteiger partial charge in [-0.25, -0.2) is 0 Å². The van der Waals surface area contributed by atoms with Crippen molar-refractivity contribution in [3.8, 4) is 0 Å². The third-order valence-electron chi connectivity index (χ3n) is 2.75. The van der Waals surface area contributed by atoms with E-state index >= 15 is 0 Å². The van der Waals surface area contributed by atoms with Crippen LogP contribution in [0.1, 0.15) is 15.2 Å². The Morgan fingerprint density at radius 2 is 2.00 bits per heavy atom. The first-order chi connectivity index (χ1) is 9.60. The van der Waals surface area contributed by atoms with Gasteiger partial charge in [-0.2, -0.15) is 0 Å². The molecule has 1 amide bonds. The first-order valence-corrected chi connectivity index (χ1v) is 8.41. The number of aliphatic hydroxyl groups excluding tert-OH is 1. The fraction of sp³-hybridized carbons (Fsp3) is 0.214. The van der Waals surface area contributed by atoms with E-state index in [0.717, 1.165) is 13.8 Å². The molecule has 1 atom stereocenters. The molecule has 6 heteroatoms. The van der Waals surface area contributed by atoms with Gasteiger partial charge in [0.2, 0.25) is 0 Å². The minimum atomic E-state index is -0.287. The van der Waals surface area contributed by atoms with Crippen LogP contribution in [-0.2, 0) is 6.42 Å². The van der Waals surface area contributed by atoms with Crippen LogP contribution in [0, 0.1) is 0 Å². The SMILES string of the molecule is O=C(N[C@@H](CO)Cc1ccccc1)c1cc(Br)c(Br)s1. The molecule has 0 radical (unpaired) electrons. The lowest BCUT2D eigenvalue weighted by molar-refractivity contribution is 0.0920. The van der Waals surface area contributed by atoms with E-state index in [1.807, 2.05) is 30.3 Å². The molecule has 0 saturated heterocycles. The summed E-state index contributed by atoms with van der Waals surface area (Å²) in [6.45, 7) is -0.0889. The van der Waals surface area contributed by atoms with Gasteiger partial charge in [0.15, 0.2) is 0 Å². The Kier molecular flexibility index (Phi) is 5.77. The zero-order chi connectivity index (χ0) is 14.5. The van der Waals surface area contributed by atoms with Gasteiger partial charge in [0.25, 0.3) is 5.91 Å². The first-order valence-electron chi connectivity index (χ1n) is 6.00. The number of benzene rings is 1. The minimum absolute atomic E-state index is 0.0889. The summed E-state index contributed by atoms with van der Waals surface area (Å²) >= 11 is 8.08. The predicted octanol–water partition coefficient (Wildman–Crippen LogP) is 3.61. The van der Waals surface area contributed by atoms with Crippen LogP contribution in [0.5, 0.6) is 0 Å². The molecule has 0 aliphatic rings. The quantitative estimate of drug-likeness (QED) is 0.779. The van der Waals surface area contributed by atoms with Crippen molar-refractivity contribution in [1.82, 2.24) is 5.32 Å². The van der Waals surface area contributed by atoms with E-state index in [1.54, 1.807) is 6.07 Å². The summed E-state index contributed by atoms with van der Waals surface area (Å²) in [6.07, 6.45) is 0.608. The maximum atomic E-state index is 12.1. The molecule has 2 aromatic rings. The summed E-state index contributed by atoms with van der Waals surface area (Å²) in [5.41, 5.74) is 1.08. The molecule has 3 nitrogen and oxygen atoms in total. The van der Waals surface area contributed by atoms with Gasteiger partial charge in [-0.1, -0.05) is 30.3 Å². The van der Waals surface area contributed by atoms with Gasteiger partial charge in [-0.15, -0.1) is 11.3 Å². The van der Waals surface area contributed by atoms with Gasteiger partial charge >= 0.3 is 0 Å². The molecule has 2 N–H and O–H groups in total. The van der Waals surface area contributed by atoms with E-state index in [4.69, 9.17) is 0 Å². The Labute approximate surface area is 138 Å². The van der Waals surface area contributed by atoms with Crippen LogP contribution in [0.3, 0.4) is 0 Å². The van der Waals surface area contributed by atoms with Crippen molar-refractivity contribution in [3.63, 3.8) is 0 Å². The van der Waals surface area contributed by atoms with Crippen molar-refractivity contribution in [2.75, 3.05) is 6.61 Å². The summed E-state index contributed by atoms with van der Waals surface area (Å²) in [7, 11) is 0. The molecule has 0 fully saturated rings. The number of carbonyl (C=O) groups excluding carboxylic acids is 1. The molecule has 1 aromatic carbocycles. The molecular weight excluding hydrogens is 406 g/mol. The number of hydrogen-bond acceptors (Lipinski definition) is 3. The molecule has 2 rings (SSSR count). The Hall–Kier alpha value is -0.690. The average Bonchev–Trinajstić information content (AvgIpc) is 2.79. The van der Waals surface area contributed by atoms with Crippen molar-refractivity contribution in [1.29, 1.82) is 0 Å². The van der Waals surface area contributed by atoms with Crippen molar-refractivity contribution >= 4 is 49.1 Å². The molecule has 0 unspecified atom stereocenters. The van der Waals surface area contributed by atoms with E-state index < -0.39 is 0 Å². The van der Waals surface area contributed by atoms with Crippen LogP contribution in [0.2, 0.25) is 0 Å². The minimum Gasteiger partial charge on any atom is -0.394 e. The zero-order valence-electron chi connectivity index (χ0n) is 10.5. The number of rotatable bonds is 5. The second-order valence-corrected chi connectivity index (χ2v) is 7.50. The van der Waals surface area contributed by atoms with Gasteiger partial charge in [0.1, 0.15) is 0 Å². The number of halogens is 2. The summed E-state index contributed by atoms with van der Waals surface area (Å²) in [5, 5.41) is 12.3. The maximum Gasteiger partial charge on any atom is 0.261 e. The molecule has 1 heterocycles. The summed E-state index contributed by atoms with van der Waals surface area (Å²) in [5.74, 6) is -0.170. The topological polar surface area (TPSA) is 49.3 Å². The number of aliphatic hydroxyl groups is 1. The van der Waals surface area contributed by atoms with E-state index in [2.05, 4.69) is 37.2 Å². The van der Waals surface area contributed by atoms with Crippen LogP contribution >= 0.6 is 43.2 Å². The molecule has 0 bridgehead atoms. The van der Waals surface area contributed by atoms with Crippen molar-refractivity contribution in [3.05, 3.63) is 55.1 Å². The Balaban J connectivity index is 2.01. The van der Waals surface area contributed by atoms with E-state index in [1.165, 1.54) is 11.3 Å². The molecule has 0 aliphatic carbocycles. The normalized spacial score (nSPS) is 12.2. The Bertz CT molecular complexity index is 567. The highest BCUT2D eigenvalue weighted by atomic mass is 79.9. The standard InChI is InChI=1S/C14H13Br2NO2S/c15-11-7-12(20-13(11)16)14(19)17-10(8-18)6-9-4-2-1-3-5-9/h1-5,7,10,18H,6,8H2,(H,17,19)/t10-/m1/s1. The monoisotopic (exact) mass is 417 g/mol. The van der Waals surface area contributed by atoms with Crippen LogP contribution in [0.25, 0.3) is 0 Å². The van der Waals surface area contributed by atoms with Gasteiger partial charge in [0, 0.05) is 4.47 Å². The zero-order valence-corrected chi connectivity index (χ0v) is 14.5. The average molecular weight is 419 g/mol. The van der Waals surface area contributed by atoms with E-state index in [0.29, 0.717) is 11.3 Å². The lowest BCUT2D eigenvalue weighted by Gasteiger charge is -2.15. The van der Waals surface area contributed by atoms with Gasteiger partial charge < -0.3 is 10.4 Å². The molecule has 0 aliphatic heterocycles. The molecule has 20 heavy (non-hydrogen) atoms. The van der Waals surface area contributed by atoms with Crippen LogP contribution in [0.4, 0.5) is 0 Å². The Morgan fingerprint density at radius 1 is 1.30 bits per heavy atom. The largest absolute Gasteiger partial charge is 0.394 e. The lowest BCUT2D eigenvalue weighted by atomic mass is 10.1. The van der Waals surface area contributed by atoms with E-state index in [-0.39, 0.29) is 18.6 Å². The molecule has 0 saturated carbocycles. The number of hydrogen-bond donors (Lipinski definition) is 2. The van der Waals surface area contributed by atoms with Crippen LogP contribution < -0.4 is 5.32 Å². The highest BCUT2D eigenvalue weighted by Crippen LogP contribution is 2.32. The predicted molar refractivity (Wildman–Crippen MR) is 88.2 cm³/mol. The highest BCUT2D eigenvalue weighted by molar-refractivity contribution is 9.13. The lowest BCUT2D eigenvalue weighted by Crippen LogP contribution is -2.38. The van der Waals surface area contributed by atoms with E-state index in [9.17, 15) is 9.90 Å².